The van der Waals surface area contributed by atoms with E-state index in [1.807, 2.05) is 18.7 Å². The maximum absolute atomic E-state index is 11.3. The van der Waals surface area contributed by atoms with Gasteiger partial charge in [0.05, 0.1) is 5.69 Å². The summed E-state index contributed by atoms with van der Waals surface area (Å²) < 4.78 is 24.4. The first kappa shape index (κ1) is 18.2. The molecule has 1 atom stereocenters. The monoisotopic (exact) mass is 315 g/mol. The summed E-state index contributed by atoms with van der Waals surface area (Å²) in [6.45, 7) is 7.22. The Morgan fingerprint density at radius 1 is 1.33 bits per heavy atom. The second-order valence-electron chi connectivity index (χ2n) is 5.90. The molecule has 0 aliphatic heterocycles. The van der Waals surface area contributed by atoms with Crippen molar-refractivity contribution in [1.82, 2.24) is 15.1 Å². The van der Waals surface area contributed by atoms with E-state index >= 15 is 0 Å². The highest BCUT2D eigenvalue weighted by atomic mass is 32.2. The standard InChI is InChI=1S/C15H29N3O2S/c1-6-9-16-14(8-7-10-21(5,19)20)11-15-12(2)17-18(4)13(15)3/h14,16H,6-11H2,1-5H3. The molecule has 0 radical (unpaired) electrons. The fourth-order valence-electron chi connectivity index (χ4n) is 2.58. The quantitative estimate of drug-likeness (QED) is 0.754. The number of sulfone groups is 1. The van der Waals surface area contributed by atoms with E-state index in [1.165, 1.54) is 17.5 Å². The Bertz CT molecular complexity index is 550. The van der Waals surface area contributed by atoms with Crippen LogP contribution in [0.1, 0.15) is 43.1 Å². The molecule has 6 heteroatoms. The first-order valence-electron chi connectivity index (χ1n) is 7.64. The zero-order chi connectivity index (χ0) is 16.0. The van der Waals surface area contributed by atoms with Gasteiger partial charge >= 0.3 is 0 Å². The smallest absolute Gasteiger partial charge is 0.147 e. The van der Waals surface area contributed by atoms with Gasteiger partial charge in [0.25, 0.3) is 0 Å². The van der Waals surface area contributed by atoms with Crippen molar-refractivity contribution in [3.8, 4) is 0 Å². The normalized spacial score (nSPS) is 13.6. The number of rotatable bonds is 9. The number of hydrogen-bond donors (Lipinski definition) is 1. The molecule has 1 aromatic heterocycles. The molecule has 0 fully saturated rings. The van der Waals surface area contributed by atoms with Gasteiger partial charge in [-0.1, -0.05) is 6.92 Å². The zero-order valence-corrected chi connectivity index (χ0v) is 14.8. The summed E-state index contributed by atoms with van der Waals surface area (Å²) in [6, 6.07) is 0.313. The summed E-state index contributed by atoms with van der Waals surface area (Å²) in [4.78, 5) is 0. The lowest BCUT2D eigenvalue weighted by molar-refractivity contribution is 0.470. The van der Waals surface area contributed by atoms with Gasteiger partial charge in [-0.2, -0.15) is 5.10 Å². The predicted octanol–water partition coefficient (Wildman–Crippen LogP) is 1.77. The van der Waals surface area contributed by atoms with Crippen molar-refractivity contribution >= 4 is 9.84 Å². The average Bonchev–Trinajstić information content (AvgIpc) is 2.60. The molecule has 0 bridgehead atoms. The van der Waals surface area contributed by atoms with Crippen LogP contribution in [0.3, 0.4) is 0 Å². The van der Waals surface area contributed by atoms with E-state index in [9.17, 15) is 8.42 Å². The number of nitrogens with zero attached hydrogens (tertiary/aromatic N) is 2. The summed E-state index contributed by atoms with van der Waals surface area (Å²) in [5.41, 5.74) is 3.55. The van der Waals surface area contributed by atoms with E-state index in [1.54, 1.807) is 0 Å². The molecule has 21 heavy (non-hydrogen) atoms. The Morgan fingerprint density at radius 2 is 2.00 bits per heavy atom. The van der Waals surface area contributed by atoms with E-state index in [-0.39, 0.29) is 5.75 Å². The molecule has 0 spiro atoms. The molecule has 0 aliphatic rings. The lowest BCUT2D eigenvalue weighted by atomic mass is 10.0. The van der Waals surface area contributed by atoms with Gasteiger partial charge in [0.15, 0.2) is 0 Å². The van der Waals surface area contributed by atoms with Gasteiger partial charge in [-0.15, -0.1) is 0 Å². The van der Waals surface area contributed by atoms with Crippen LogP contribution in [-0.2, 0) is 23.3 Å². The van der Waals surface area contributed by atoms with Crippen molar-refractivity contribution in [1.29, 1.82) is 0 Å². The third-order valence-electron chi connectivity index (χ3n) is 3.86. The fraction of sp³-hybridized carbons (Fsp3) is 0.800. The topological polar surface area (TPSA) is 64.0 Å². The largest absolute Gasteiger partial charge is 0.314 e. The molecule has 0 aromatic carbocycles. The van der Waals surface area contributed by atoms with Gasteiger partial charge in [-0.3, -0.25) is 4.68 Å². The lowest BCUT2D eigenvalue weighted by Crippen LogP contribution is -2.32. The Labute approximate surface area is 129 Å². The first-order chi connectivity index (χ1) is 9.74. The Morgan fingerprint density at radius 3 is 2.48 bits per heavy atom. The molecule has 0 saturated carbocycles. The SMILES string of the molecule is CCCNC(CCCS(C)(=O)=O)Cc1c(C)nn(C)c1C. The molecule has 1 aromatic rings. The van der Waals surface area contributed by atoms with Crippen molar-refractivity contribution < 1.29 is 8.42 Å². The van der Waals surface area contributed by atoms with Crippen LogP contribution in [0.2, 0.25) is 0 Å². The van der Waals surface area contributed by atoms with Crippen LogP contribution < -0.4 is 5.32 Å². The molecule has 0 saturated heterocycles. The highest BCUT2D eigenvalue weighted by Crippen LogP contribution is 2.16. The van der Waals surface area contributed by atoms with Crippen LogP contribution in [-0.4, -0.2) is 42.8 Å². The average molecular weight is 315 g/mol. The zero-order valence-electron chi connectivity index (χ0n) is 13.9. The van der Waals surface area contributed by atoms with E-state index in [2.05, 4.69) is 24.3 Å². The number of nitrogens with one attached hydrogen (secondary N) is 1. The molecule has 1 heterocycles. The maximum atomic E-state index is 11.3. The second-order valence-corrected chi connectivity index (χ2v) is 8.16. The maximum Gasteiger partial charge on any atom is 0.147 e. The molecule has 1 rings (SSSR count). The third-order valence-corrected chi connectivity index (χ3v) is 4.89. The summed E-state index contributed by atoms with van der Waals surface area (Å²) in [7, 11) is -0.907. The van der Waals surface area contributed by atoms with Crippen LogP contribution in [0.5, 0.6) is 0 Å². The highest BCUT2D eigenvalue weighted by Gasteiger charge is 2.16. The summed E-state index contributed by atoms with van der Waals surface area (Å²) in [5.74, 6) is 0.266. The van der Waals surface area contributed by atoms with Crippen molar-refractivity contribution in [2.45, 2.75) is 52.5 Å². The van der Waals surface area contributed by atoms with Crippen LogP contribution in [0.25, 0.3) is 0 Å². The Hall–Kier alpha value is -0.880. The lowest BCUT2D eigenvalue weighted by Gasteiger charge is -2.18. The Kier molecular flexibility index (Phi) is 6.87. The number of hydrogen-bond acceptors (Lipinski definition) is 4. The molecular formula is C15H29N3O2S. The molecule has 0 aliphatic carbocycles. The Balaban J connectivity index is 2.68. The minimum atomic E-state index is -2.87. The van der Waals surface area contributed by atoms with Crippen LogP contribution >= 0.6 is 0 Å². The molecule has 5 nitrogen and oxygen atoms in total. The third kappa shape index (κ3) is 6.18. The minimum Gasteiger partial charge on any atom is -0.314 e. The van der Waals surface area contributed by atoms with Crippen molar-refractivity contribution in [3.05, 3.63) is 17.0 Å². The van der Waals surface area contributed by atoms with Crippen molar-refractivity contribution in [2.75, 3.05) is 18.6 Å². The van der Waals surface area contributed by atoms with Gasteiger partial charge in [-0.25, -0.2) is 8.42 Å². The number of aryl methyl sites for hydroxylation is 2. The minimum absolute atomic E-state index is 0.266. The van der Waals surface area contributed by atoms with Crippen LogP contribution in [0, 0.1) is 13.8 Å². The molecule has 1 unspecified atom stereocenters. The summed E-state index contributed by atoms with van der Waals surface area (Å²) >= 11 is 0. The van der Waals surface area contributed by atoms with Gasteiger partial charge < -0.3 is 5.32 Å². The summed E-state index contributed by atoms with van der Waals surface area (Å²) in [6.07, 6.45) is 4.87. The van der Waals surface area contributed by atoms with E-state index in [0.717, 1.165) is 31.5 Å². The first-order valence-corrected chi connectivity index (χ1v) is 9.70. The van der Waals surface area contributed by atoms with E-state index < -0.39 is 9.84 Å². The highest BCUT2D eigenvalue weighted by molar-refractivity contribution is 7.90. The molecule has 1 N–H and O–H groups in total. The molecular weight excluding hydrogens is 286 g/mol. The molecule has 0 amide bonds. The van der Waals surface area contributed by atoms with Gasteiger partial charge in [-0.05, 0) is 51.6 Å². The van der Waals surface area contributed by atoms with Crippen LogP contribution in [0.15, 0.2) is 0 Å². The number of aromatic nitrogens is 2. The van der Waals surface area contributed by atoms with Gasteiger partial charge in [0.2, 0.25) is 0 Å². The second kappa shape index (κ2) is 7.94. The van der Waals surface area contributed by atoms with Gasteiger partial charge in [0, 0.05) is 30.8 Å². The molecule has 122 valence electrons. The predicted molar refractivity (Wildman–Crippen MR) is 87.4 cm³/mol. The van der Waals surface area contributed by atoms with E-state index in [0.29, 0.717) is 12.5 Å². The van der Waals surface area contributed by atoms with Gasteiger partial charge in [0.1, 0.15) is 9.84 Å². The van der Waals surface area contributed by atoms with E-state index in [4.69, 9.17) is 0 Å². The van der Waals surface area contributed by atoms with Crippen LogP contribution in [0.4, 0.5) is 0 Å². The fourth-order valence-corrected chi connectivity index (χ4v) is 3.27. The van der Waals surface area contributed by atoms with Crippen molar-refractivity contribution in [3.63, 3.8) is 0 Å². The van der Waals surface area contributed by atoms with Crippen molar-refractivity contribution in [2.24, 2.45) is 7.05 Å². The summed E-state index contributed by atoms with van der Waals surface area (Å²) in [5, 5.41) is 7.99.